The molecule has 0 spiro atoms. The average molecular weight is 306 g/mol. The van der Waals surface area contributed by atoms with E-state index in [2.05, 4.69) is 9.80 Å². The standard InChI is InChI=1S/C18H27FN2O/c19-16-7-5-15(6-8-16)9-10-20-11-13-21(14-12-20)17-3-1-2-4-18(17)22/h5-8,17-18,22H,1-4,9-14H2/t17-,18-/m0/s1. The SMILES string of the molecule is O[C@H]1CCCC[C@@H]1N1CCN(CCc2ccc(F)cc2)CC1. The molecule has 2 atom stereocenters. The van der Waals surface area contributed by atoms with E-state index in [1.807, 2.05) is 12.1 Å². The third-order valence-corrected chi connectivity index (χ3v) is 5.20. The molecule has 2 fully saturated rings. The lowest BCUT2D eigenvalue weighted by molar-refractivity contribution is -0.00329. The third-order valence-electron chi connectivity index (χ3n) is 5.20. The Labute approximate surface area is 132 Å². The first-order valence-corrected chi connectivity index (χ1v) is 8.61. The van der Waals surface area contributed by atoms with E-state index < -0.39 is 0 Å². The zero-order valence-electron chi connectivity index (χ0n) is 13.3. The van der Waals surface area contributed by atoms with Crippen LogP contribution in [0.15, 0.2) is 24.3 Å². The molecule has 1 aromatic rings. The van der Waals surface area contributed by atoms with Gasteiger partial charge in [0.25, 0.3) is 0 Å². The van der Waals surface area contributed by atoms with Crippen LogP contribution in [0.25, 0.3) is 0 Å². The van der Waals surface area contributed by atoms with Crippen LogP contribution in [0.3, 0.4) is 0 Å². The quantitative estimate of drug-likeness (QED) is 0.924. The normalized spacial score (nSPS) is 27.9. The molecule has 0 unspecified atom stereocenters. The van der Waals surface area contributed by atoms with Crippen LogP contribution in [0.1, 0.15) is 31.2 Å². The summed E-state index contributed by atoms with van der Waals surface area (Å²) in [6.07, 6.45) is 5.40. The summed E-state index contributed by atoms with van der Waals surface area (Å²) in [5.41, 5.74) is 1.20. The Bertz CT molecular complexity index is 457. The monoisotopic (exact) mass is 306 g/mol. The number of nitrogens with zero attached hydrogens (tertiary/aromatic N) is 2. The molecular weight excluding hydrogens is 279 g/mol. The number of hydrogen-bond donors (Lipinski definition) is 1. The lowest BCUT2D eigenvalue weighted by Crippen LogP contribution is -2.54. The first-order chi connectivity index (χ1) is 10.7. The van der Waals surface area contributed by atoms with Crippen molar-refractivity contribution in [1.29, 1.82) is 0 Å². The van der Waals surface area contributed by atoms with E-state index in [0.717, 1.165) is 52.0 Å². The van der Waals surface area contributed by atoms with E-state index in [4.69, 9.17) is 0 Å². The number of halogens is 1. The zero-order valence-corrected chi connectivity index (χ0v) is 13.3. The van der Waals surface area contributed by atoms with Crippen molar-refractivity contribution in [3.63, 3.8) is 0 Å². The second kappa shape index (κ2) is 7.53. The fourth-order valence-corrected chi connectivity index (χ4v) is 3.77. The van der Waals surface area contributed by atoms with Crippen LogP contribution >= 0.6 is 0 Å². The number of aliphatic hydroxyl groups is 1. The average Bonchev–Trinajstić information content (AvgIpc) is 2.55. The van der Waals surface area contributed by atoms with Gasteiger partial charge in [-0.3, -0.25) is 4.90 Å². The van der Waals surface area contributed by atoms with E-state index in [1.54, 1.807) is 0 Å². The van der Waals surface area contributed by atoms with Gasteiger partial charge in [0.1, 0.15) is 5.82 Å². The van der Waals surface area contributed by atoms with E-state index in [1.165, 1.54) is 30.5 Å². The van der Waals surface area contributed by atoms with Crippen molar-refractivity contribution in [3.05, 3.63) is 35.6 Å². The van der Waals surface area contributed by atoms with E-state index in [9.17, 15) is 9.50 Å². The van der Waals surface area contributed by atoms with E-state index in [0.29, 0.717) is 6.04 Å². The third kappa shape index (κ3) is 4.06. The summed E-state index contributed by atoms with van der Waals surface area (Å²) >= 11 is 0. The van der Waals surface area contributed by atoms with Crippen molar-refractivity contribution in [2.75, 3.05) is 32.7 Å². The Balaban J connectivity index is 1.42. The molecule has 1 aliphatic carbocycles. The molecule has 1 aromatic carbocycles. The Hall–Kier alpha value is -0.970. The fourth-order valence-electron chi connectivity index (χ4n) is 3.77. The molecule has 0 radical (unpaired) electrons. The molecule has 3 nitrogen and oxygen atoms in total. The molecule has 1 aliphatic heterocycles. The Morgan fingerprint density at radius 2 is 1.68 bits per heavy atom. The minimum Gasteiger partial charge on any atom is -0.391 e. The Morgan fingerprint density at radius 1 is 1.00 bits per heavy atom. The van der Waals surface area contributed by atoms with Gasteiger partial charge in [-0.25, -0.2) is 4.39 Å². The van der Waals surface area contributed by atoms with Crippen LogP contribution < -0.4 is 0 Å². The summed E-state index contributed by atoms with van der Waals surface area (Å²) < 4.78 is 12.9. The summed E-state index contributed by atoms with van der Waals surface area (Å²) in [5, 5.41) is 10.2. The maximum Gasteiger partial charge on any atom is 0.123 e. The van der Waals surface area contributed by atoms with Gasteiger partial charge in [0.05, 0.1) is 6.10 Å². The first kappa shape index (κ1) is 15.9. The first-order valence-electron chi connectivity index (χ1n) is 8.61. The molecule has 1 heterocycles. The second-order valence-electron chi connectivity index (χ2n) is 6.67. The molecular formula is C18H27FN2O. The van der Waals surface area contributed by atoms with Crippen molar-refractivity contribution in [2.24, 2.45) is 0 Å². The highest BCUT2D eigenvalue weighted by molar-refractivity contribution is 5.16. The van der Waals surface area contributed by atoms with Crippen molar-refractivity contribution < 1.29 is 9.50 Å². The minimum absolute atomic E-state index is 0.125. The number of benzene rings is 1. The highest BCUT2D eigenvalue weighted by Crippen LogP contribution is 2.24. The Morgan fingerprint density at radius 3 is 2.36 bits per heavy atom. The lowest BCUT2D eigenvalue weighted by atomic mass is 9.91. The number of rotatable bonds is 4. The van der Waals surface area contributed by atoms with Crippen molar-refractivity contribution in [2.45, 2.75) is 44.2 Å². The molecule has 0 bridgehead atoms. The highest BCUT2D eigenvalue weighted by Gasteiger charge is 2.30. The lowest BCUT2D eigenvalue weighted by Gasteiger charge is -2.42. The zero-order chi connectivity index (χ0) is 15.4. The van der Waals surface area contributed by atoms with Gasteiger partial charge in [-0.05, 0) is 37.0 Å². The predicted octanol–water partition coefficient (Wildman–Crippen LogP) is 2.29. The van der Waals surface area contributed by atoms with Gasteiger partial charge >= 0.3 is 0 Å². The van der Waals surface area contributed by atoms with Crippen molar-refractivity contribution in [1.82, 2.24) is 9.80 Å². The molecule has 0 amide bonds. The van der Waals surface area contributed by atoms with Gasteiger partial charge in [-0.2, -0.15) is 0 Å². The largest absolute Gasteiger partial charge is 0.391 e. The topological polar surface area (TPSA) is 26.7 Å². The molecule has 4 heteroatoms. The maximum atomic E-state index is 12.9. The van der Waals surface area contributed by atoms with Crippen molar-refractivity contribution in [3.8, 4) is 0 Å². The van der Waals surface area contributed by atoms with Gasteiger partial charge < -0.3 is 10.0 Å². The molecule has 2 aliphatic rings. The van der Waals surface area contributed by atoms with Crippen LogP contribution in [0, 0.1) is 5.82 Å². The molecule has 1 saturated carbocycles. The summed E-state index contributed by atoms with van der Waals surface area (Å²) in [7, 11) is 0. The van der Waals surface area contributed by atoms with Crippen LogP contribution in [-0.4, -0.2) is 59.8 Å². The van der Waals surface area contributed by atoms with E-state index >= 15 is 0 Å². The number of piperazine rings is 1. The second-order valence-corrected chi connectivity index (χ2v) is 6.67. The maximum absolute atomic E-state index is 12.9. The van der Waals surface area contributed by atoms with Gasteiger partial charge in [0.2, 0.25) is 0 Å². The van der Waals surface area contributed by atoms with Gasteiger partial charge in [0.15, 0.2) is 0 Å². The molecule has 122 valence electrons. The van der Waals surface area contributed by atoms with Crippen molar-refractivity contribution >= 4 is 0 Å². The van der Waals surface area contributed by atoms with Gasteiger partial charge in [0, 0.05) is 38.8 Å². The smallest absolute Gasteiger partial charge is 0.123 e. The summed E-state index contributed by atoms with van der Waals surface area (Å²) in [5.74, 6) is -0.164. The molecule has 0 aromatic heterocycles. The van der Waals surface area contributed by atoms with Gasteiger partial charge in [-0.1, -0.05) is 25.0 Å². The summed E-state index contributed by atoms with van der Waals surface area (Å²) in [6.45, 7) is 5.30. The number of hydrogen-bond acceptors (Lipinski definition) is 3. The Kier molecular flexibility index (Phi) is 5.45. The fraction of sp³-hybridized carbons (Fsp3) is 0.667. The van der Waals surface area contributed by atoms with Crippen LogP contribution in [0.2, 0.25) is 0 Å². The summed E-state index contributed by atoms with van der Waals surface area (Å²) in [6, 6.07) is 7.22. The van der Waals surface area contributed by atoms with Crippen LogP contribution in [-0.2, 0) is 6.42 Å². The molecule has 1 saturated heterocycles. The van der Waals surface area contributed by atoms with Crippen LogP contribution in [0.4, 0.5) is 4.39 Å². The molecule has 22 heavy (non-hydrogen) atoms. The van der Waals surface area contributed by atoms with Crippen LogP contribution in [0.5, 0.6) is 0 Å². The molecule has 1 N–H and O–H groups in total. The highest BCUT2D eigenvalue weighted by atomic mass is 19.1. The summed E-state index contributed by atoms with van der Waals surface area (Å²) in [4.78, 5) is 4.97. The number of aliphatic hydroxyl groups excluding tert-OH is 1. The predicted molar refractivity (Wildman–Crippen MR) is 86.4 cm³/mol. The van der Waals surface area contributed by atoms with E-state index in [-0.39, 0.29) is 11.9 Å². The van der Waals surface area contributed by atoms with Gasteiger partial charge in [-0.15, -0.1) is 0 Å². The minimum atomic E-state index is -0.164. The molecule has 3 rings (SSSR count).